The molecule has 0 bridgehead atoms. The number of hydrazone groups is 1. The largest absolute Gasteiger partial charge is 0.481 e. The van der Waals surface area contributed by atoms with Gasteiger partial charge < -0.3 is 15.3 Å². The Bertz CT molecular complexity index is 737. The van der Waals surface area contributed by atoms with E-state index in [1.807, 2.05) is 30.5 Å². The maximum absolute atomic E-state index is 10.7. The summed E-state index contributed by atoms with van der Waals surface area (Å²) in [5.41, 5.74) is 4.83. The van der Waals surface area contributed by atoms with Gasteiger partial charge in [-0.15, -0.1) is 11.3 Å². The number of hydrogen-bond donors (Lipinski definition) is 2. The van der Waals surface area contributed by atoms with Crippen LogP contribution in [0.4, 0.5) is 0 Å². The predicted molar refractivity (Wildman–Crippen MR) is 96.7 cm³/mol. The molecule has 1 aromatic carbocycles. The lowest BCUT2D eigenvalue weighted by Crippen LogP contribution is -2.16. The van der Waals surface area contributed by atoms with Gasteiger partial charge >= 0.3 is 11.9 Å². The Labute approximate surface area is 145 Å². The van der Waals surface area contributed by atoms with Crippen molar-refractivity contribution < 1.29 is 19.4 Å². The van der Waals surface area contributed by atoms with Gasteiger partial charge in [0.15, 0.2) is 0 Å². The van der Waals surface area contributed by atoms with E-state index < -0.39 is 5.97 Å². The molecule has 1 heterocycles. The van der Waals surface area contributed by atoms with Gasteiger partial charge in [0, 0.05) is 11.7 Å². The van der Waals surface area contributed by atoms with Crippen molar-refractivity contribution in [3.05, 3.63) is 34.7 Å². The number of nitrogens with one attached hydrogen (secondary N) is 1. The van der Waals surface area contributed by atoms with Crippen molar-refractivity contribution in [3.8, 4) is 0 Å². The molecule has 2 N–H and O–H groups in total. The van der Waals surface area contributed by atoms with E-state index >= 15 is 0 Å². The van der Waals surface area contributed by atoms with E-state index in [1.165, 1.54) is 0 Å². The summed E-state index contributed by atoms with van der Waals surface area (Å²) >= 11 is 1.64. The highest BCUT2D eigenvalue weighted by Gasteiger charge is 2.09. The van der Waals surface area contributed by atoms with Crippen LogP contribution >= 0.6 is 11.3 Å². The van der Waals surface area contributed by atoms with Gasteiger partial charge in [-0.3, -0.25) is 4.79 Å². The first-order chi connectivity index (χ1) is 11.4. The second-order valence-electron chi connectivity index (χ2n) is 4.91. The maximum Gasteiger partial charge on any atom is 0.354 e. The van der Waals surface area contributed by atoms with E-state index in [0.717, 1.165) is 21.2 Å². The summed E-state index contributed by atoms with van der Waals surface area (Å²) in [6.45, 7) is 5.68. The zero-order chi connectivity index (χ0) is 18.1. The van der Waals surface area contributed by atoms with Gasteiger partial charge in [0.2, 0.25) is 0 Å². The third-order valence-electron chi connectivity index (χ3n) is 3.16. The molecule has 2 aromatic rings. The number of aliphatic carboxylic acids is 1. The van der Waals surface area contributed by atoms with Crippen LogP contribution in [-0.4, -0.2) is 36.4 Å². The van der Waals surface area contributed by atoms with Crippen LogP contribution in [0.25, 0.3) is 10.1 Å². The summed E-state index contributed by atoms with van der Waals surface area (Å²) in [7, 11) is 1.63. The Kier molecular flexibility index (Phi) is 7.91. The number of carboxylic acids is 1. The van der Waals surface area contributed by atoms with E-state index in [0.29, 0.717) is 12.3 Å². The second kappa shape index (κ2) is 9.67. The molecule has 0 radical (unpaired) electrons. The average molecular weight is 350 g/mol. The fourth-order valence-corrected chi connectivity index (χ4v) is 2.86. The van der Waals surface area contributed by atoms with Crippen LogP contribution in [0.2, 0.25) is 0 Å². The Morgan fingerprint density at radius 3 is 2.62 bits per heavy atom. The highest BCUT2D eigenvalue weighted by atomic mass is 32.1. The van der Waals surface area contributed by atoms with Gasteiger partial charge in [-0.25, -0.2) is 4.79 Å². The van der Waals surface area contributed by atoms with Crippen molar-refractivity contribution in [2.75, 3.05) is 13.7 Å². The van der Waals surface area contributed by atoms with E-state index in [9.17, 15) is 9.59 Å². The molecule has 2 rings (SSSR count). The summed E-state index contributed by atoms with van der Waals surface area (Å²) in [5, 5.41) is 15.5. The highest BCUT2D eigenvalue weighted by Crippen LogP contribution is 2.27. The van der Waals surface area contributed by atoms with Crippen LogP contribution in [-0.2, 0) is 20.7 Å². The first-order valence-corrected chi connectivity index (χ1v) is 8.34. The molecule has 0 unspecified atom stereocenters. The second-order valence-corrected chi connectivity index (χ2v) is 5.85. The third-order valence-corrected chi connectivity index (χ3v) is 4.04. The van der Waals surface area contributed by atoms with Gasteiger partial charge in [0.25, 0.3) is 0 Å². The fourth-order valence-electron chi connectivity index (χ4n) is 2.05. The molecule has 0 aliphatic rings. The molecular formula is C17H22N2O4S. The van der Waals surface area contributed by atoms with Crippen LogP contribution in [0.15, 0.2) is 28.7 Å². The number of ether oxygens (including phenoxy) is 1. The number of carbonyl (C=O) groups excluding carboxylic acids is 1. The van der Waals surface area contributed by atoms with Gasteiger partial charge in [0.05, 0.1) is 13.0 Å². The number of nitrogens with zero attached hydrogens (tertiary/aromatic N) is 1. The van der Waals surface area contributed by atoms with Crippen LogP contribution in [0.3, 0.4) is 0 Å². The Morgan fingerprint density at radius 1 is 1.33 bits per heavy atom. The molecule has 7 heteroatoms. The third kappa shape index (κ3) is 5.66. The number of carbonyl (C=O) groups is 2. The number of thiophene rings is 1. The first kappa shape index (κ1) is 19.6. The lowest BCUT2D eigenvalue weighted by molar-refractivity contribution is -0.136. The number of rotatable bonds is 5. The smallest absolute Gasteiger partial charge is 0.354 e. The average Bonchev–Trinajstić information content (AvgIpc) is 3.00. The quantitative estimate of drug-likeness (QED) is 0.492. The van der Waals surface area contributed by atoms with E-state index in [1.54, 1.807) is 32.2 Å². The van der Waals surface area contributed by atoms with Crippen molar-refractivity contribution in [1.82, 2.24) is 5.43 Å². The van der Waals surface area contributed by atoms with Crippen LogP contribution in [0.5, 0.6) is 0 Å². The van der Waals surface area contributed by atoms with Crippen molar-refractivity contribution in [3.63, 3.8) is 0 Å². The van der Waals surface area contributed by atoms with Crippen molar-refractivity contribution >= 4 is 39.1 Å². The van der Waals surface area contributed by atoms with Crippen molar-refractivity contribution in [1.29, 1.82) is 0 Å². The van der Waals surface area contributed by atoms with Crippen molar-refractivity contribution in [2.24, 2.45) is 5.10 Å². The lowest BCUT2D eigenvalue weighted by Gasteiger charge is -2.04. The standard InChI is InChI=1S/C11H10O2S.C6H12N2O2/c1-7-2-3-10-8(4-5-14-10)9(7)6-11(12)13;1-4-10-6(9)5(2)8-7-3/h2-5H,6H2,1H3,(H,12,13);7H,4H2,1-3H3. The monoisotopic (exact) mass is 350 g/mol. The lowest BCUT2D eigenvalue weighted by atomic mass is 10.0. The van der Waals surface area contributed by atoms with Gasteiger partial charge in [-0.2, -0.15) is 5.10 Å². The molecule has 0 saturated heterocycles. The SMILES string of the molecule is CCOC(=O)C(C)=NNC.Cc1ccc2sccc2c1CC(=O)O. The normalized spacial score (nSPS) is 10.8. The van der Waals surface area contributed by atoms with E-state index in [-0.39, 0.29) is 12.4 Å². The molecule has 0 amide bonds. The molecule has 0 atom stereocenters. The summed E-state index contributed by atoms with van der Waals surface area (Å²) in [4.78, 5) is 21.4. The van der Waals surface area contributed by atoms with Crippen LogP contribution in [0.1, 0.15) is 25.0 Å². The van der Waals surface area contributed by atoms with E-state index in [4.69, 9.17) is 5.11 Å². The molecule has 6 nitrogen and oxygen atoms in total. The van der Waals surface area contributed by atoms with Crippen LogP contribution < -0.4 is 5.43 Å². The van der Waals surface area contributed by atoms with Crippen molar-refractivity contribution in [2.45, 2.75) is 27.2 Å². The van der Waals surface area contributed by atoms with Gasteiger partial charge in [-0.1, -0.05) is 6.07 Å². The topological polar surface area (TPSA) is 88.0 Å². The Morgan fingerprint density at radius 2 is 2.04 bits per heavy atom. The molecule has 0 aliphatic carbocycles. The molecule has 0 saturated carbocycles. The Hall–Kier alpha value is -2.41. The fraction of sp³-hybridized carbons (Fsp3) is 0.353. The Balaban J connectivity index is 0.000000257. The van der Waals surface area contributed by atoms with Gasteiger partial charge in [-0.05, 0) is 54.8 Å². The number of carboxylic acid groups (broad SMARTS) is 1. The first-order valence-electron chi connectivity index (χ1n) is 7.46. The highest BCUT2D eigenvalue weighted by molar-refractivity contribution is 7.17. The zero-order valence-corrected chi connectivity index (χ0v) is 15.1. The molecule has 130 valence electrons. The number of esters is 1. The number of aryl methyl sites for hydroxylation is 1. The molecule has 24 heavy (non-hydrogen) atoms. The molecule has 0 fully saturated rings. The summed E-state index contributed by atoms with van der Waals surface area (Å²) in [6, 6.07) is 6.02. The van der Waals surface area contributed by atoms with E-state index in [2.05, 4.69) is 15.3 Å². The van der Waals surface area contributed by atoms with Gasteiger partial charge in [0.1, 0.15) is 5.71 Å². The summed E-state index contributed by atoms with van der Waals surface area (Å²) in [6.07, 6.45) is 0.111. The minimum Gasteiger partial charge on any atom is -0.481 e. The number of fused-ring (bicyclic) bond motifs is 1. The molecule has 0 aliphatic heterocycles. The summed E-state index contributed by atoms with van der Waals surface area (Å²) in [5.74, 6) is -1.15. The predicted octanol–water partition coefficient (Wildman–Crippen LogP) is 2.98. The summed E-state index contributed by atoms with van der Waals surface area (Å²) < 4.78 is 5.81. The maximum atomic E-state index is 10.7. The number of benzene rings is 1. The minimum absolute atomic E-state index is 0.111. The zero-order valence-electron chi connectivity index (χ0n) is 14.3. The minimum atomic E-state index is -0.771. The molecule has 1 aromatic heterocycles. The molecular weight excluding hydrogens is 328 g/mol. The molecule has 0 spiro atoms. The number of hydrogen-bond acceptors (Lipinski definition) is 6. The van der Waals surface area contributed by atoms with Crippen LogP contribution in [0, 0.1) is 6.92 Å².